The first-order valence-corrected chi connectivity index (χ1v) is 17.2. The Morgan fingerprint density at radius 1 is 1.09 bits per heavy atom. The van der Waals surface area contributed by atoms with E-state index in [-0.39, 0.29) is 30.5 Å². The van der Waals surface area contributed by atoms with Crippen LogP contribution in [-0.4, -0.2) is 50.2 Å². The molecule has 0 bridgehead atoms. The molecular formula is C33H35BrFN3O6S. The number of sulfone groups is 1. The van der Waals surface area contributed by atoms with E-state index in [9.17, 15) is 12.8 Å². The molecule has 45 heavy (non-hydrogen) atoms. The number of halogens is 2. The third kappa shape index (κ3) is 8.11. The minimum Gasteiger partial charge on any atom is -0.496 e. The van der Waals surface area contributed by atoms with Gasteiger partial charge in [0.2, 0.25) is 0 Å². The number of anilines is 2. The summed E-state index contributed by atoms with van der Waals surface area (Å²) in [6.45, 7) is 2.45. The number of methoxy groups -OCH3 is 1. The topological polar surface area (TPSA) is 109 Å². The van der Waals surface area contributed by atoms with Gasteiger partial charge < -0.3 is 24.3 Å². The van der Waals surface area contributed by atoms with Gasteiger partial charge in [-0.1, -0.05) is 19.1 Å². The van der Waals surface area contributed by atoms with Crippen LogP contribution in [0.15, 0.2) is 77.7 Å². The van der Waals surface area contributed by atoms with Gasteiger partial charge in [-0.3, -0.25) is 0 Å². The molecule has 5 rings (SSSR count). The van der Waals surface area contributed by atoms with E-state index in [0.29, 0.717) is 48.7 Å². The molecule has 0 saturated heterocycles. The summed E-state index contributed by atoms with van der Waals surface area (Å²) in [5.74, 6) is 1.69. The standard InChI is InChI=1S/C33H35BrFN3O6S/c1-3-45(39,40)16-15-42-13-5-11-33(12-6-14-44-33)27-19-26-29(20-31(27)41-2)36-22-37-32(26)38-25-9-10-30(28(34)18-25)43-21-23-7-4-8-24(35)17-23/h4,6-10,14,17-20,22H,3,5,11-13,15-16,21H2,1-2H3,(H,36,37,38). The third-order valence-electron chi connectivity index (χ3n) is 7.61. The maximum Gasteiger partial charge on any atom is 0.152 e. The highest BCUT2D eigenvalue weighted by Crippen LogP contribution is 2.45. The number of rotatable bonds is 15. The van der Waals surface area contributed by atoms with Crippen LogP contribution >= 0.6 is 15.9 Å². The molecule has 2 heterocycles. The van der Waals surface area contributed by atoms with Crippen LogP contribution in [0.25, 0.3) is 10.9 Å². The van der Waals surface area contributed by atoms with Crippen LogP contribution in [-0.2, 0) is 31.5 Å². The van der Waals surface area contributed by atoms with Crippen LogP contribution < -0.4 is 14.8 Å². The molecule has 1 N–H and O–H groups in total. The number of hydrogen-bond donors (Lipinski definition) is 1. The van der Waals surface area contributed by atoms with Crippen LogP contribution in [0, 0.1) is 5.82 Å². The van der Waals surface area contributed by atoms with Gasteiger partial charge in [-0.2, -0.15) is 0 Å². The van der Waals surface area contributed by atoms with Gasteiger partial charge in [0, 0.05) is 41.5 Å². The molecule has 1 aliphatic rings. The van der Waals surface area contributed by atoms with Crippen molar-refractivity contribution in [1.82, 2.24) is 9.97 Å². The second-order valence-electron chi connectivity index (χ2n) is 10.6. The van der Waals surface area contributed by atoms with Gasteiger partial charge in [0.25, 0.3) is 0 Å². The largest absolute Gasteiger partial charge is 0.496 e. The summed E-state index contributed by atoms with van der Waals surface area (Å²) in [5.41, 5.74) is 2.37. The van der Waals surface area contributed by atoms with Crippen molar-refractivity contribution in [2.45, 2.75) is 38.4 Å². The predicted octanol–water partition coefficient (Wildman–Crippen LogP) is 7.22. The van der Waals surface area contributed by atoms with Crippen LogP contribution in [0.4, 0.5) is 15.9 Å². The monoisotopic (exact) mass is 699 g/mol. The second kappa shape index (κ2) is 14.6. The second-order valence-corrected chi connectivity index (χ2v) is 13.9. The van der Waals surface area contributed by atoms with E-state index in [1.54, 1.807) is 26.4 Å². The van der Waals surface area contributed by atoms with Gasteiger partial charge in [0.1, 0.15) is 41.7 Å². The normalized spacial score (nSPS) is 16.1. The Bertz CT molecular complexity index is 1780. The van der Waals surface area contributed by atoms with Crippen molar-refractivity contribution in [3.63, 3.8) is 0 Å². The highest BCUT2D eigenvalue weighted by molar-refractivity contribution is 9.10. The van der Waals surface area contributed by atoms with Gasteiger partial charge in [-0.15, -0.1) is 0 Å². The van der Waals surface area contributed by atoms with E-state index >= 15 is 0 Å². The number of nitrogens with zero attached hydrogens (tertiary/aromatic N) is 2. The lowest BCUT2D eigenvalue weighted by atomic mass is 9.85. The highest BCUT2D eigenvalue weighted by atomic mass is 79.9. The highest BCUT2D eigenvalue weighted by Gasteiger charge is 2.38. The number of hydrogen-bond acceptors (Lipinski definition) is 9. The Labute approximate surface area is 270 Å². The van der Waals surface area contributed by atoms with Crippen molar-refractivity contribution >= 4 is 48.2 Å². The Morgan fingerprint density at radius 2 is 1.96 bits per heavy atom. The predicted molar refractivity (Wildman–Crippen MR) is 175 cm³/mol. The van der Waals surface area contributed by atoms with Gasteiger partial charge in [0.15, 0.2) is 9.84 Å². The number of aromatic nitrogens is 2. The summed E-state index contributed by atoms with van der Waals surface area (Å²) in [4.78, 5) is 9.02. The lowest BCUT2D eigenvalue weighted by molar-refractivity contribution is 0.0191. The number of benzene rings is 3. The molecule has 1 aliphatic heterocycles. The van der Waals surface area contributed by atoms with Gasteiger partial charge >= 0.3 is 0 Å². The molecule has 0 fully saturated rings. The van der Waals surface area contributed by atoms with Gasteiger partial charge in [-0.25, -0.2) is 22.8 Å². The quantitative estimate of drug-likeness (QED) is 0.129. The smallest absolute Gasteiger partial charge is 0.152 e. The van der Waals surface area contributed by atoms with Crippen LogP contribution in [0.3, 0.4) is 0 Å². The van der Waals surface area contributed by atoms with E-state index in [0.717, 1.165) is 26.7 Å². The van der Waals surface area contributed by atoms with Crippen LogP contribution in [0.1, 0.15) is 37.3 Å². The summed E-state index contributed by atoms with van der Waals surface area (Å²) in [6, 6.07) is 15.8. The Balaban J connectivity index is 1.34. The van der Waals surface area contributed by atoms with Crippen molar-refractivity contribution in [3.8, 4) is 11.5 Å². The lowest BCUT2D eigenvalue weighted by Crippen LogP contribution is -2.26. The Kier molecular flexibility index (Phi) is 10.6. The van der Waals surface area contributed by atoms with Gasteiger partial charge in [-0.05, 0) is 76.8 Å². The number of nitrogens with one attached hydrogen (secondary N) is 1. The molecule has 0 radical (unpaired) electrons. The first-order chi connectivity index (χ1) is 21.7. The molecule has 0 saturated carbocycles. The fraction of sp³-hybridized carbons (Fsp3) is 0.333. The SMILES string of the molecule is CCS(=O)(=O)CCOCCCC1(c2cc3c(Nc4ccc(OCc5cccc(F)c5)c(Br)c4)ncnc3cc2OC)CC=CO1. The summed E-state index contributed by atoms with van der Waals surface area (Å²) < 4.78 is 61.4. The average molecular weight is 701 g/mol. The molecule has 1 unspecified atom stereocenters. The van der Waals surface area contributed by atoms with Crippen LogP contribution in [0.2, 0.25) is 0 Å². The van der Waals surface area contributed by atoms with Gasteiger partial charge in [0.05, 0.1) is 35.7 Å². The van der Waals surface area contributed by atoms with E-state index in [4.69, 9.17) is 18.9 Å². The van der Waals surface area contributed by atoms with E-state index in [1.807, 2.05) is 42.5 Å². The molecule has 1 aromatic heterocycles. The van der Waals surface area contributed by atoms with Crippen molar-refractivity contribution in [3.05, 3.63) is 94.7 Å². The Hall–Kier alpha value is -3.74. The van der Waals surface area contributed by atoms with Crippen molar-refractivity contribution in [2.24, 2.45) is 0 Å². The molecule has 238 valence electrons. The zero-order valence-electron chi connectivity index (χ0n) is 25.1. The molecular weight excluding hydrogens is 665 g/mol. The lowest BCUT2D eigenvalue weighted by Gasteiger charge is -2.31. The summed E-state index contributed by atoms with van der Waals surface area (Å²) in [5, 5.41) is 4.18. The fourth-order valence-electron chi connectivity index (χ4n) is 5.15. The fourth-order valence-corrected chi connectivity index (χ4v) is 6.31. The molecule has 0 spiro atoms. The van der Waals surface area contributed by atoms with Crippen LogP contribution in [0.5, 0.6) is 11.5 Å². The molecule has 4 aromatic rings. The first-order valence-electron chi connectivity index (χ1n) is 14.6. The summed E-state index contributed by atoms with van der Waals surface area (Å²) >= 11 is 3.58. The minimum absolute atomic E-state index is 0.0161. The van der Waals surface area contributed by atoms with E-state index in [1.165, 1.54) is 18.5 Å². The third-order valence-corrected chi connectivity index (χ3v) is 9.90. The van der Waals surface area contributed by atoms with E-state index in [2.05, 4.69) is 31.2 Å². The Morgan fingerprint density at radius 3 is 2.69 bits per heavy atom. The molecule has 12 heteroatoms. The van der Waals surface area contributed by atoms with E-state index < -0.39 is 15.4 Å². The molecule has 1 atom stereocenters. The maximum atomic E-state index is 13.5. The van der Waals surface area contributed by atoms with Crippen molar-refractivity contribution in [2.75, 3.05) is 37.1 Å². The first kappa shape index (κ1) is 32.6. The molecule has 0 amide bonds. The zero-order chi connectivity index (χ0) is 31.9. The number of fused-ring (bicyclic) bond motifs is 1. The maximum absolute atomic E-state index is 13.5. The average Bonchev–Trinajstić information content (AvgIpc) is 3.52. The molecule has 3 aromatic carbocycles. The number of ether oxygens (including phenoxy) is 4. The van der Waals surface area contributed by atoms with Crippen molar-refractivity contribution < 1.29 is 31.8 Å². The minimum atomic E-state index is -3.07. The van der Waals surface area contributed by atoms with Crippen molar-refractivity contribution in [1.29, 1.82) is 0 Å². The summed E-state index contributed by atoms with van der Waals surface area (Å²) in [6.07, 6.45) is 7.10. The summed E-state index contributed by atoms with van der Waals surface area (Å²) in [7, 11) is -1.45. The molecule has 9 nitrogen and oxygen atoms in total. The zero-order valence-corrected chi connectivity index (χ0v) is 27.5. The molecule has 0 aliphatic carbocycles.